The number of rotatable bonds is 15. The second-order valence-corrected chi connectivity index (χ2v) is 12.8. The van der Waals surface area contributed by atoms with Crippen LogP contribution in [0, 0.1) is 6.92 Å². The molecule has 5 rings (SSSR count). The molecule has 1 amide bonds. The van der Waals surface area contributed by atoms with Gasteiger partial charge in [0.1, 0.15) is 5.75 Å². The number of anilines is 2. The van der Waals surface area contributed by atoms with Crippen LogP contribution in [-0.4, -0.2) is 69.6 Å². The highest BCUT2D eigenvalue weighted by Gasteiger charge is 2.26. The Morgan fingerprint density at radius 2 is 1.70 bits per heavy atom. The van der Waals surface area contributed by atoms with Crippen molar-refractivity contribution in [2.24, 2.45) is 0 Å². The Kier molecular flexibility index (Phi) is 11.8. The van der Waals surface area contributed by atoms with E-state index in [1.54, 1.807) is 16.2 Å². The summed E-state index contributed by atoms with van der Waals surface area (Å²) in [5.41, 5.74) is 4.21. The molecule has 2 bridgehead atoms. The molecule has 9 heteroatoms. The first-order valence-corrected chi connectivity index (χ1v) is 17.2. The van der Waals surface area contributed by atoms with Gasteiger partial charge in [-0.15, -0.1) is 11.3 Å². The van der Waals surface area contributed by atoms with Crippen molar-refractivity contribution in [2.75, 3.05) is 62.5 Å². The molecule has 0 spiro atoms. The van der Waals surface area contributed by atoms with Gasteiger partial charge in [-0.3, -0.25) is 14.6 Å². The standard InChI is InChI=1S/C35H47N3O5S/c1-3-4-5-6-8-22-42-35(40)43-26-38-32-25-29(24-28(27(32)2)13-14-34(38)39)41-21-9-7-16-36-17-19-37(20-18-36)31-11-10-12-33-30(31)15-23-44-33/h10-12,15,23-25H,3-9,13-14,16-22,26H2,1-2H3. The molecule has 0 atom stereocenters. The summed E-state index contributed by atoms with van der Waals surface area (Å²) in [4.78, 5) is 31.7. The molecule has 0 radical (unpaired) electrons. The highest BCUT2D eigenvalue weighted by atomic mass is 32.1. The quantitative estimate of drug-likeness (QED) is 0.128. The van der Waals surface area contributed by atoms with Crippen LogP contribution in [0.25, 0.3) is 10.1 Å². The van der Waals surface area contributed by atoms with Gasteiger partial charge in [-0.25, -0.2) is 4.79 Å². The van der Waals surface area contributed by atoms with Crippen molar-refractivity contribution in [2.45, 2.75) is 71.6 Å². The molecule has 3 aromatic rings. The first-order valence-electron chi connectivity index (χ1n) is 16.3. The Morgan fingerprint density at radius 1 is 0.886 bits per heavy atom. The van der Waals surface area contributed by atoms with Crippen LogP contribution in [0.15, 0.2) is 41.8 Å². The fraction of sp³-hybridized carbons (Fsp3) is 0.543. The van der Waals surface area contributed by atoms with Crippen LogP contribution in [0.2, 0.25) is 0 Å². The van der Waals surface area contributed by atoms with Crippen molar-refractivity contribution in [3.63, 3.8) is 0 Å². The minimum absolute atomic E-state index is 0.0697. The summed E-state index contributed by atoms with van der Waals surface area (Å²) >= 11 is 1.81. The highest BCUT2D eigenvalue weighted by Crippen LogP contribution is 2.34. The lowest BCUT2D eigenvalue weighted by molar-refractivity contribution is -0.119. The lowest BCUT2D eigenvalue weighted by Gasteiger charge is -2.36. The lowest BCUT2D eigenvalue weighted by Crippen LogP contribution is -2.46. The number of carbonyl (C=O) groups excluding carboxylic acids is 2. The number of fused-ring (bicyclic) bond motifs is 3. The van der Waals surface area contributed by atoms with Gasteiger partial charge >= 0.3 is 6.16 Å². The van der Waals surface area contributed by atoms with E-state index in [9.17, 15) is 9.59 Å². The fourth-order valence-electron chi connectivity index (χ4n) is 6.12. The maximum Gasteiger partial charge on any atom is 0.510 e. The largest absolute Gasteiger partial charge is 0.510 e. The van der Waals surface area contributed by atoms with Gasteiger partial charge in [-0.05, 0) is 79.9 Å². The fourth-order valence-corrected chi connectivity index (χ4v) is 6.93. The van der Waals surface area contributed by atoms with Crippen LogP contribution in [-0.2, 0) is 20.7 Å². The topological polar surface area (TPSA) is 71.5 Å². The van der Waals surface area contributed by atoms with Crippen LogP contribution < -0.4 is 14.5 Å². The van der Waals surface area contributed by atoms with Gasteiger partial charge in [-0.1, -0.05) is 38.7 Å². The van der Waals surface area contributed by atoms with E-state index in [0.29, 0.717) is 26.1 Å². The molecular weight excluding hydrogens is 574 g/mol. The molecule has 238 valence electrons. The number of thiophene rings is 1. The maximum absolute atomic E-state index is 12.9. The summed E-state index contributed by atoms with van der Waals surface area (Å²) in [7, 11) is 0. The highest BCUT2D eigenvalue weighted by molar-refractivity contribution is 7.17. The average molecular weight is 622 g/mol. The van der Waals surface area contributed by atoms with E-state index in [0.717, 1.165) is 87.4 Å². The second-order valence-electron chi connectivity index (χ2n) is 11.8. The summed E-state index contributed by atoms with van der Waals surface area (Å²) in [6.07, 6.45) is 7.67. The van der Waals surface area contributed by atoms with Gasteiger partial charge < -0.3 is 19.1 Å². The average Bonchev–Trinajstić information content (AvgIpc) is 3.51. The molecule has 2 aliphatic rings. The zero-order chi connectivity index (χ0) is 30.7. The van der Waals surface area contributed by atoms with E-state index in [1.807, 2.05) is 13.0 Å². The van der Waals surface area contributed by atoms with Crippen LogP contribution >= 0.6 is 11.3 Å². The first kappa shape index (κ1) is 32.1. The van der Waals surface area contributed by atoms with Gasteiger partial charge in [0.15, 0.2) is 6.73 Å². The molecule has 0 N–H and O–H groups in total. The van der Waals surface area contributed by atoms with E-state index in [-0.39, 0.29) is 12.6 Å². The Morgan fingerprint density at radius 3 is 2.55 bits per heavy atom. The smallest absolute Gasteiger partial charge is 0.494 e. The second kappa shape index (κ2) is 16.1. The molecule has 1 aromatic heterocycles. The van der Waals surface area contributed by atoms with Crippen LogP contribution in [0.5, 0.6) is 5.75 Å². The molecule has 0 saturated carbocycles. The van der Waals surface area contributed by atoms with Crippen molar-refractivity contribution in [1.29, 1.82) is 0 Å². The number of benzene rings is 2. The van der Waals surface area contributed by atoms with Gasteiger partial charge in [-0.2, -0.15) is 0 Å². The molecule has 3 heterocycles. The molecular formula is C35H47N3O5S. The minimum atomic E-state index is -0.732. The third kappa shape index (κ3) is 8.45. The van der Waals surface area contributed by atoms with Crippen LogP contribution in [0.3, 0.4) is 0 Å². The third-order valence-corrected chi connectivity index (χ3v) is 9.65. The summed E-state index contributed by atoms with van der Waals surface area (Å²) in [6.45, 7) is 10.3. The van der Waals surface area contributed by atoms with Crippen molar-refractivity contribution < 1.29 is 23.8 Å². The number of nitrogens with zero attached hydrogens (tertiary/aromatic N) is 3. The molecule has 2 aliphatic heterocycles. The van der Waals surface area contributed by atoms with Crippen LogP contribution in [0.4, 0.5) is 16.2 Å². The number of hydrogen-bond donors (Lipinski definition) is 0. The monoisotopic (exact) mass is 621 g/mol. The number of carbonyl (C=O) groups is 2. The van der Waals surface area contributed by atoms with Crippen molar-refractivity contribution in [3.8, 4) is 5.75 Å². The number of ether oxygens (including phenoxy) is 3. The SMILES string of the molecule is CCCCCCCOC(=O)OCN1C(=O)CCc2cc(OCCCCN3CCN(c4cccc5sccc45)CC3)cc1c2C. The first-order chi connectivity index (χ1) is 21.5. The Balaban J connectivity index is 1.04. The van der Waals surface area contributed by atoms with E-state index >= 15 is 0 Å². The molecule has 2 aromatic carbocycles. The van der Waals surface area contributed by atoms with Gasteiger partial charge in [0.2, 0.25) is 5.91 Å². The predicted molar refractivity (Wildman–Crippen MR) is 178 cm³/mol. The van der Waals surface area contributed by atoms with Crippen LogP contribution in [0.1, 0.15) is 69.4 Å². The zero-order valence-electron chi connectivity index (χ0n) is 26.4. The van der Waals surface area contributed by atoms with E-state index in [1.165, 1.54) is 28.6 Å². The minimum Gasteiger partial charge on any atom is -0.494 e. The third-order valence-electron chi connectivity index (χ3n) is 8.76. The van der Waals surface area contributed by atoms with Gasteiger partial charge in [0.25, 0.3) is 0 Å². The number of amides is 1. The Bertz CT molecular complexity index is 1380. The molecule has 1 fully saturated rings. The summed E-state index contributed by atoms with van der Waals surface area (Å²) in [5.74, 6) is 0.686. The van der Waals surface area contributed by atoms with Gasteiger partial charge in [0, 0.05) is 54.4 Å². The van der Waals surface area contributed by atoms with Crippen molar-refractivity contribution >= 4 is 44.9 Å². The van der Waals surface area contributed by atoms with E-state index < -0.39 is 6.16 Å². The van der Waals surface area contributed by atoms with E-state index in [2.05, 4.69) is 52.4 Å². The van der Waals surface area contributed by atoms with Gasteiger partial charge in [0.05, 0.1) is 18.9 Å². The lowest BCUT2D eigenvalue weighted by atomic mass is 10.0. The Hall–Kier alpha value is -3.30. The maximum atomic E-state index is 12.9. The molecule has 0 unspecified atom stereocenters. The number of unbranched alkanes of at least 4 members (excludes halogenated alkanes) is 5. The Labute approximate surface area is 265 Å². The molecule has 1 saturated heterocycles. The normalized spacial score (nSPS) is 15.5. The predicted octanol–water partition coefficient (Wildman–Crippen LogP) is 7.55. The summed E-state index contributed by atoms with van der Waals surface area (Å²) in [5, 5.41) is 3.55. The summed E-state index contributed by atoms with van der Waals surface area (Å²) < 4.78 is 18.1. The van der Waals surface area contributed by atoms with Crippen molar-refractivity contribution in [1.82, 2.24) is 4.90 Å². The van der Waals surface area contributed by atoms with E-state index in [4.69, 9.17) is 14.2 Å². The molecule has 0 aliphatic carbocycles. The zero-order valence-corrected chi connectivity index (χ0v) is 27.2. The summed E-state index contributed by atoms with van der Waals surface area (Å²) in [6, 6.07) is 12.8. The molecule has 44 heavy (non-hydrogen) atoms. The number of hydrogen-bond acceptors (Lipinski definition) is 8. The molecule has 8 nitrogen and oxygen atoms in total. The van der Waals surface area contributed by atoms with Crippen molar-refractivity contribution in [3.05, 3.63) is 52.9 Å². The number of aryl methyl sites for hydroxylation is 1. The number of piperazine rings is 1.